The number of hydrogen-bond acceptors (Lipinski definition) is 6. The second-order valence-corrected chi connectivity index (χ2v) is 9.21. The molecule has 0 aliphatic carbocycles. The lowest BCUT2D eigenvalue weighted by Crippen LogP contribution is -2.28. The molecular weight excluding hydrogens is 436 g/mol. The Labute approximate surface area is 198 Å². The molecule has 170 valence electrons. The molecule has 1 saturated heterocycles. The molecule has 33 heavy (non-hydrogen) atoms. The molecule has 1 atom stereocenters. The average Bonchev–Trinajstić information content (AvgIpc) is 3.24. The number of rotatable bonds is 6. The van der Waals surface area contributed by atoms with Crippen molar-refractivity contribution in [2.75, 3.05) is 18.5 Å². The van der Waals surface area contributed by atoms with Crippen molar-refractivity contribution in [3.8, 4) is 11.3 Å². The highest BCUT2D eigenvalue weighted by Crippen LogP contribution is 2.32. The molecule has 0 spiro atoms. The Morgan fingerprint density at radius 2 is 1.85 bits per heavy atom. The van der Waals surface area contributed by atoms with Crippen LogP contribution in [0, 0.1) is 5.92 Å². The van der Waals surface area contributed by atoms with Gasteiger partial charge in [-0.3, -0.25) is 4.40 Å². The van der Waals surface area contributed by atoms with Gasteiger partial charge in [0.2, 0.25) is 5.95 Å². The minimum Gasteiger partial charge on any atom is -0.381 e. The Bertz CT molecular complexity index is 1230. The summed E-state index contributed by atoms with van der Waals surface area (Å²) in [6.07, 6.45) is 5.75. The average molecular weight is 463 g/mol. The normalized spacial score (nSPS) is 15.8. The highest BCUT2D eigenvalue weighted by atomic mass is 35.5. The third-order valence-corrected chi connectivity index (χ3v) is 6.37. The maximum absolute atomic E-state index is 6.10. The lowest BCUT2D eigenvalue weighted by atomic mass is 9.88. The number of pyridine rings is 1. The number of ether oxygens (including phenoxy) is 1. The van der Waals surface area contributed by atoms with Gasteiger partial charge < -0.3 is 10.1 Å². The van der Waals surface area contributed by atoms with E-state index >= 15 is 0 Å². The fourth-order valence-corrected chi connectivity index (χ4v) is 4.52. The Balaban J connectivity index is 1.44. The quantitative estimate of drug-likeness (QED) is 0.423. The van der Waals surface area contributed by atoms with E-state index in [0.29, 0.717) is 17.9 Å². The molecule has 0 amide bonds. The molecule has 1 fully saturated rings. The van der Waals surface area contributed by atoms with Crippen LogP contribution in [0.25, 0.3) is 16.9 Å². The molecule has 4 aromatic rings. The molecule has 0 radical (unpaired) electrons. The van der Waals surface area contributed by atoms with Crippen molar-refractivity contribution in [1.29, 1.82) is 0 Å². The van der Waals surface area contributed by atoms with Crippen LogP contribution in [0.15, 0.2) is 54.9 Å². The van der Waals surface area contributed by atoms with Crippen LogP contribution < -0.4 is 5.32 Å². The summed E-state index contributed by atoms with van der Waals surface area (Å²) in [5.74, 6) is 2.01. The molecule has 1 N–H and O–H groups in total. The molecule has 1 aromatic carbocycles. The molecular formula is C25H27ClN6O. The summed E-state index contributed by atoms with van der Waals surface area (Å²) in [6.45, 7) is 5.94. The summed E-state index contributed by atoms with van der Waals surface area (Å²) < 4.78 is 7.50. The van der Waals surface area contributed by atoms with Crippen LogP contribution in [0.2, 0.25) is 5.02 Å². The summed E-state index contributed by atoms with van der Waals surface area (Å²) >= 11 is 6.10. The first-order chi connectivity index (χ1) is 16.1. The molecule has 8 heteroatoms. The van der Waals surface area contributed by atoms with E-state index < -0.39 is 0 Å². The number of halogens is 1. The molecule has 3 aromatic heterocycles. The summed E-state index contributed by atoms with van der Waals surface area (Å²) in [5, 5.41) is 13.2. The number of nitrogens with zero attached hydrogens (tertiary/aromatic N) is 5. The highest BCUT2D eigenvalue weighted by Gasteiger charge is 2.24. The largest absolute Gasteiger partial charge is 0.381 e. The molecule has 1 aliphatic heterocycles. The second-order valence-electron chi connectivity index (χ2n) is 8.77. The van der Waals surface area contributed by atoms with E-state index in [1.165, 1.54) is 5.56 Å². The van der Waals surface area contributed by atoms with E-state index in [4.69, 9.17) is 21.3 Å². The minimum absolute atomic E-state index is 0.109. The summed E-state index contributed by atoms with van der Waals surface area (Å²) in [4.78, 5) is 9.14. The van der Waals surface area contributed by atoms with Crippen LogP contribution >= 0.6 is 11.6 Å². The molecule has 4 heterocycles. The van der Waals surface area contributed by atoms with Gasteiger partial charge in [-0.15, -0.1) is 10.2 Å². The summed E-state index contributed by atoms with van der Waals surface area (Å²) in [7, 11) is 0. The summed E-state index contributed by atoms with van der Waals surface area (Å²) in [6, 6.07) is 14.3. The zero-order chi connectivity index (χ0) is 22.8. The van der Waals surface area contributed by atoms with Crippen LogP contribution in [0.5, 0.6) is 0 Å². The van der Waals surface area contributed by atoms with E-state index in [9.17, 15) is 0 Å². The predicted octanol–water partition coefficient (Wildman–Crippen LogP) is 5.22. The first kappa shape index (κ1) is 21.8. The van der Waals surface area contributed by atoms with Gasteiger partial charge in [-0.1, -0.05) is 37.6 Å². The highest BCUT2D eigenvalue weighted by molar-refractivity contribution is 6.30. The maximum atomic E-state index is 6.10. The van der Waals surface area contributed by atoms with Gasteiger partial charge in [0, 0.05) is 48.2 Å². The third kappa shape index (κ3) is 4.70. The Morgan fingerprint density at radius 1 is 1.06 bits per heavy atom. The topological polar surface area (TPSA) is 77.2 Å². The van der Waals surface area contributed by atoms with Crippen molar-refractivity contribution in [3.05, 3.63) is 71.3 Å². The first-order valence-corrected chi connectivity index (χ1v) is 11.7. The smallest absolute Gasteiger partial charge is 0.223 e. The number of aromatic nitrogens is 5. The Hall–Kier alpha value is -3.03. The van der Waals surface area contributed by atoms with Gasteiger partial charge >= 0.3 is 0 Å². The molecule has 7 nitrogen and oxygen atoms in total. The lowest BCUT2D eigenvalue weighted by molar-refractivity contribution is 0.0903. The molecule has 1 unspecified atom stereocenters. The fourth-order valence-electron chi connectivity index (χ4n) is 4.40. The van der Waals surface area contributed by atoms with Crippen molar-refractivity contribution in [3.63, 3.8) is 0 Å². The first-order valence-electron chi connectivity index (χ1n) is 11.4. The monoisotopic (exact) mass is 462 g/mol. The van der Waals surface area contributed by atoms with Gasteiger partial charge in [-0.05, 0) is 54.7 Å². The number of benzene rings is 1. The van der Waals surface area contributed by atoms with Gasteiger partial charge in [-0.2, -0.15) is 0 Å². The maximum Gasteiger partial charge on any atom is 0.223 e. The molecule has 0 saturated carbocycles. The van der Waals surface area contributed by atoms with Gasteiger partial charge in [0.1, 0.15) is 5.82 Å². The van der Waals surface area contributed by atoms with E-state index in [-0.39, 0.29) is 5.92 Å². The van der Waals surface area contributed by atoms with E-state index in [0.717, 1.165) is 53.8 Å². The van der Waals surface area contributed by atoms with Crippen LogP contribution in [-0.2, 0) is 4.74 Å². The van der Waals surface area contributed by atoms with Crippen LogP contribution in [0.1, 0.15) is 44.0 Å². The van der Waals surface area contributed by atoms with Gasteiger partial charge in [-0.25, -0.2) is 9.97 Å². The number of nitrogens with one attached hydrogen (secondary N) is 1. The van der Waals surface area contributed by atoms with E-state index in [1.54, 1.807) is 6.20 Å². The Kier molecular flexibility index (Phi) is 6.24. The minimum atomic E-state index is 0.109. The van der Waals surface area contributed by atoms with Gasteiger partial charge in [0.05, 0.1) is 5.69 Å². The van der Waals surface area contributed by atoms with Gasteiger partial charge in [0.25, 0.3) is 0 Å². The van der Waals surface area contributed by atoms with Crippen molar-refractivity contribution in [2.45, 2.75) is 38.6 Å². The van der Waals surface area contributed by atoms with Crippen molar-refractivity contribution >= 4 is 23.2 Å². The zero-order valence-electron chi connectivity index (χ0n) is 18.8. The molecule has 0 bridgehead atoms. The second kappa shape index (κ2) is 9.45. The zero-order valence-corrected chi connectivity index (χ0v) is 19.5. The molecule has 5 rings (SSSR count). The predicted molar refractivity (Wildman–Crippen MR) is 130 cm³/mol. The fraction of sp³-hybridized carbons (Fsp3) is 0.360. The number of fused-ring (bicyclic) bond motifs is 1. The van der Waals surface area contributed by atoms with E-state index in [2.05, 4.69) is 56.9 Å². The standard InChI is InChI=1S/C25H27ClN6O/c1-16(2)23(17-3-5-19(26)6-4-17)24-31-30-22-15-18(8-12-32(22)24)21-7-11-27-25(29-21)28-20-9-13-33-14-10-20/h3-8,11-12,15-16,20,23H,9-10,13-14H2,1-2H3,(H,27,28,29). The SMILES string of the molecule is CC(C)C(c1ccc(Cl)cc1)c1nnc2cc(-c3ccnc(NC4CCOCC4)n3)ccn12. The van der Waals surface area contributed by atoms with Crippen LogP contribution in [0.3, 0.4) is 0 Å². The number of anilines is 1. The lowest BCUT2D eigenvalue weighted by Gasteiger charge is -2.23. The van der Waals surface area contributed by atoms with Crippen LogP contribution in [-0.4, -0.2) is 43.8 Å². The van der Waals surface area contributed by atoms with E-state index in [1.807, 2.05) is 30.5 Å². The van der Waals surface area contributed by atoms with Crippen LogP contribution in [0.4, 0.5) is 5.95 Å². The van der Waals surface area contributed by atoms with Gasteiger partial charge in [0.15, 0.2) is 5.65 Å². The third-order valence-electron chi connectivity index (χ3n) is 6.12. The van der Waals surface area contributed by atoms with Crippen molar-refractivity contribution in [2.24, 2.45) is 5.92 Å². The van der Waals surface area contributed by atoms with Crippen molar-refractivity contribution < 1.29 is 4.74 Å². The Morgan fingerprint density at radius 3 is 2.61 bits per heavy atom. The summed E-state index contributed by atoms with van der Waals surface area (Å²) in [5.41, 5.74) is 3.79. The number of hydrogen-bond donors (Lipinski definition) is 1. The molecule has 1 aliphatic rings. The van der Waals surface area contributed by atoms with Crippen molar-refractivity contribution in [1.82, 2.24) is 24.6 Å².